The van der Waals surface area contributed by atoms with Crippen molar-refractivity contribution in [3.63, 3.8) is 0 Å². The van der Waals surface area contributed by atoms with Crippen molar-refractivity contribution in [3.8, 4) is 0 Å². The summed E-state index contributed by atoms with van der Waals surface area (Å²) in [6, 6.07) is 5.76. The number of ketones is 1. The van der Waals surface area contributed by atoms with Crippen molar-refractivity contribution in [2.75, 3.05) is 13.1 Å². The minimum Gasteiger partial charge on any atom is -0.316 e. The first kappa shape index (κ1) is 14.2. The third-order valence-corrected chi connectivity index (χ3v) is 5.52. The van der Waals surface area contributed by atoms with Crippen LogP contribution in [-0.2, 0) is 0 Å². The summed E-state index contributed by atoms with van der Waals surface area (Å²) in [7, 11) is 0. The van der Waals surface area contributed by atoms with Crippen molar-refractivity contribution in [3.05, 3.63) is 32.7 Å². The fraction of sp³-hybridized carbons (Fsp3) is 0.500. The van der Waals surface area contributed by atoms with E-state index in [0.29, 0.717) is 0 Å². The summed E-state index contributed by atoms with van der Waals surface area (Å²) in [5.41, 5.74) is 0.615. The lowest BCUT2D eigenvalue weighted by molar-refractivity contribution is 0.0801. The van der Waals surface area contributed by atoms with Gasteiger partial charge >= 0.3 is 0 Å². The van der Waals surface area contributed by atoms with E-state index in [2.05, 4.69) is 44.1 Å². The van der Waals surface area contributed by atoms with Gasteiger partial charge in [-0.05, 0) is 63.4 Å². The summed E-state index contributed by atoms with van der Waals surface area (Å²) in [5, 5.41) is 3.33. The van der Waals surface area contributed by atoms with Gasteiger partial charge in [-0.2, -0.15) is 0 Å². The van der Waals surface area contributed by atoms with Crippen LogP contribution in [0.5, 0.6) is 0 Å². The highest BCUT2D eigenvalue weighted by molar-refractivity contribution is 9.13. The van der Waals surface area contributed by atoms with E-state index in [0.717, 1.165) is 46.9 Å². The molecule has 1 fully saturated rings. The van der Waals surface area contributed by atoms with E-state index < -0.39 is 0 Å². The van der Waals surface area contributed by atoms with Gasteiger partial charge in [-0.3, -0.25) is 4.79 Å². The second-order valence-corrected chi connectivity index (χ2v) is 6.62. The maximum atomic E-state index is 12.7. The third kappa shape index (κ3) is 2.70. The zero-order valence-corrected chi connectivity index (χ0v) is 13.6. The molecule has 0 bridgehead atoms. The molecule has 1 aromatic rings. The van der Waals surface area contributed by atoms with E-state index in [1.54, 1.807) is 0 Å². The monoisotopic (exact) mass is 373 g/mol. The van der Waals surface area contributed by atoms with Gasteiger partial charge in [-0.1, -0.05) is 19.4 Å². The predicted molar refractivity (Wildman–Crippen MR) is 81.0 cm³/mol. The number of hydrogen-bond acceptors (Lipinski definition) is 2. The number of Topliss-reactive ketones (excluding diaryl/α,β-unsaturated/α-hetero) is 1. The molecule has 0 amide bonds. The molecule has 2 nitrogen and oxygen atoms in total. The lowest BCUT2D eigenvalue weighted by Crippen LogP contribution is -2.33. The molecule has 2 rings (SSSR count). The Balaban J connectivity index is 2.30. The Labute approximate surface area is 125 Å². The Morgan fingerprint density at radius 3 is 2.72 bits per heavy atom. The number of benzene rings is 1. The average molecular weight is 375 g/mol. The molecule has 0 aliphatic carbocycles. The summed E-state index contributed by atoms with van der Waals surface area (Å²) < 4.78 is 1.92. The molecule has 1 aliphatic rings. The molecule has 4 heteroatoms. The first-order chi connectivity index (χ1) is 8.59. The minimum absolute atomic E-state index is 0.192. The van der Waals surface area contributed by atoms with E-state index >= 15 is 0 Å². The number of carbonyl (C=O) groups excluding carboxylic acids is 1. The zero-order valence-electron chi connectivity index (χ0n) is 10.4. The van der Waals surface area contributed by atoms with Crippen LogP contribution >= 0.6 is 31.9 Å². The smallest absolute Gasteiger partial charge is 0.170 e. The molecule has 0 radical (unpaired) electrons. The van der Waals surface area contributed by atoms with Crippen molar-refractivity contribution in [1.29, 1.82) is 0 Å². The van der Waals surface area contributed by atoms with E-state index in [1.165, 1.54) is 0 Å². The predicted octanol–water partition coefficient (Wildman–Crippen LogP) is 4.17. The molecule has 0 spiro atoms. The van der Waals surface area contributed by atoms with Crippen LogP contribution in [0.3, 0.4) is 0 Å². The molecular formula is C14H17Br2NO. The second kappa shape index (κ2) is 5.85. The molecule has 1 N–H and O–H groups in total. The Bertz CT molecular complexity index is 453. The standard InChI is InChI=1S/C14H17Br2NO/c1-2-5-14(6-7-17-9-14)13(18)10-3-4-11(15)12(16)8-10/h3-4,8,17H,2,5-7,9H2,1H3. The topological polar surface area (TPSA) is 29.1 Å². The average Bonchev–Trinajstić information content (AvgIpc) is 2.82. The Morgan fingerprint density at radius 1 is 1.39 bits per heavy atom. The van der Waals surface area contributed by atoms with Gasteiger partial charge in [0.15, 0.2) is 5.78 Å². The van der Waals surface area contributed by atoms with E-state index in [-0.39, 0.29) is 11.2 Å². The van der Waals surface area contributed by atoms with Crippen molar-refractivity contribution in [1.82, 2.24) is 5.32 Å². The van der Waals surface area contributed by atoms with Gasteiger partial charge in [0.2, 0.25) is 0 Å². The Kier molecular flexibility index (Phi) is 4.62. The summed E-state index contributed by atoms with van der Waals surface area (Å²) in [5.74, 6) is 0.280. The van der Waals surface area contributed by atoms with Gasteiger partial charge in [0.25, 0.3) is 0 Å². The van der Waals surface area contributed by atoms with Gasteiger partial charge in [-0.25, -0.2) is 0 Å². The number of hydrogen-bond donors (Lipinski definition) is 1. The largest absolute Gasteiger partial charge is 0.316 e. The molecule has 1 aromatic carbocycles. The zero-order chi connectivity index (χ0) is 13.2. The third-order valence-electron chi connectivity index (χ3n) is 3.64. The van der Waals surface area contributed by atoms with Crippen LogP contribution < -0.4 is 5.32 Å². The fourth-order valence-electron chi connectivity index (χ4n) is 2.69. The first-order valence-electron chi connectivity index (χ1n) is 6.29. The minimum atomic E-state index is -0.192. The second-order valence-electron chi connectivity index (χ2n) is 4.92. The van der Waals surface area contributed by atoms with Crippen LogP contribution in [0.15, 0.2) is 27.1 Å². The maximum absolute atomic E-state index is 12.7. The summed E-state index contributed by atoms with van der Waals surface area (Å²) in [6.45, 7) is 3.90. The first-order valence-corrected chi connectivity index (χ1v) is 7.88. The lowest BCUT2D eigenvalue weighted by atomic mass is 9.76. The van der Waals surface area contributed by atoms with Gasteiger partial charge in [0.05, 0.1) is 0 Å². The Hall–Kier alpha value is -0.190. The molecule has 0 saturated carbocycles. The van der Waals surface area contributed by atoms with Crippen LogP contribution in [0.4, 0.5) is 0 Å². The number of rotatable bonds is 4. The lowest BCUT2D eigenvalue weighted by Gasteiger charge is -2.26. The quantitative estimate of drug-likeness (QED) is 0.801. The van der Waals surface area contributed by atoms with Crippen LogP contribution in [0.25, 0.3) is 0 Å². The summed E-state index contributed by atoms with van der Waals surface area (Å²) in [4.78, 5) is 12.7. The van der Waals surface area contributed by atoms with Gasteiger partial charge in [0.1, 0.15) is 0 Å². The molecular weight excluding hydrogens is 358 g/mol. The molecule has 1 aliphatic heterocycles. The van der Waals surface area contributed by atoms with Crippen molar-refractivity contribution in [2.45, 2.75) is 26.2 Å². The Morgan fingerprint density at radius 2 is 2.17 bits per heavy atom. The SMILES string of the molecule is CCCC1(C(=O)c2ccc(Br)c(Br)c2)CCNC1. The maximum Gasteiger partial charge on any atom is 0.170 e. The van der Waals surface area contributed by atoms with Crippen LogP contribution in [0.2, 0.25) is 0 Å². The molecule has 98 valence electrons. The van der Waals surface area contributed by atoms with Crippen LogP contribution in [-0.4, -0.2) is 18.9 Å². The molecule has 0 aromatic heterocycles. The molecule has 1 heterocycles. The number of halogens is 2. The van der Waals surface area contributed by atoms with E-state index in [4.69, 9.17) is 0 Å². The van der Waals surface area contributed by atoms with Crippen molar-refractivity contribution < 1.29 is 4.79 Å². The normalized spacial score (nSPS) is 23.3. The van der Waals surface area contributed by atoms with Crippen molar-refractivity contribution in [2.24, 2.45) is 5.41 Å². The van der Waals surface area contributed by atoms with Crippen molar-refractivity contribution >= 4 is 37.6 Å². The van der Waals surface area contributed by atoms with Gasteiger partial charge < -0.3 is 5.32 Å². The van der Waals surface area contributed by atoms with E-state index in [9.17, 15) is 4.79 Å². The molecule has 1 saturated heterocycles. The van der Waals surface area contributed by atoms with E-state index in [1.807, 2.05) is 18.2 Å². The number of carbonyl (C=O) groups is 1. The van der Waals surface area contributed by atoms with Crippen LogP contribution in [0, 0.1) is 5.41 Å². The van der Waals surface area contributed by atoms with Gasteiger partial charge in [-0.15, -0.1) is 0 Å². The highest BCUT2D eigenvalue weighted by Crippen LogP contribution is 2.36. The molecule has 18 heavy (non-hydrogen) atoms. The fourth-order valence-corrected chi connectivity index (χ4v) is 3.31. The highest BCUT2D eigenvalue weighted by Gasteiger charge is 2.40. The summed E-state index contributed by atoms with van der Waals surface area (Å²) in [6.07, 6.45) is 2.96. The molecule has 1 atom stereocenters. The van der Waals surface area contributed by atoms with Crippen LogP contribution in [0.1, 0.15) is 36.5 Å². The number of nitrogens with one attached hydrogen (secondary N) is 1. The van der Waals surface area contributed by atoms with Gasteiger partial charge in [0, 0.05) is 26.5 Å². The highest BCUT2D eigenvalue weighted by atomic mass is 79.9. The molecule has 1 unspecified atom stereocenters. The summed E-state index contributed by atoms with van der Waals surface area (Å²) >= 11 is 6.90.